The summed E-state index contributed by atoms with van der Waals surface area (Å²) in [6.07, 6.45) is -10.2. The number of rotatable bonds is 5. The number of esters is 1. The zero-order valence-corrected chi connectivity index (χ0v) is 8.82. The van der Waals surface area contributed by atoms with Crippen LogP contribution in [0.1, 0.15) is 12.8 Å². The molecule has 0 saturated carbocycles. The summed E-state index contributed by atoms with van der Waals surface area (Å²) >= 11 is 0. The third-order valence-electron chi connectivity index (χ3n) is 1.58. The van der Waals surface area contributed by atoms with Gasteiger partial charge in [-0.25, -0.2) is 4.79 Å². The molecular weight excluding hydrogens is 272 g/mol. The molecule has 0 aliphatic carbocycles. The van der Waals surface area contributed by atoms with Gasteiger partial charge >= 0.3 is 24.2 Å². The molecule has 0 aromatic heterocycles. The molecule has 0 rings (SSSR count). The van der Waals surface area contributed by atoms with Gasteiger partial charge in [-0.15, -0.1) is 0 Å². The van der Waals surface area contributed by atoms with Crippen LogP contribution in [-0.2, 0) is 14.3 Å². The Morgan fingerprint density at radius 1 is 0.944 bits per heavy atom. The monoisotopic (exact) mass is 281 g/mol. The number of carbonyl (C=O) groups is 2. The van der Waals surface area contributed by atoms with Gasteiger partial charge in [-0.2, -0.15) is 26.3 Å². The Morgan fingerprint density at radius 3 is 1.94 bits per heavy atom. The summed E-state index contributed by atoms with van der Waals surface area (Å²) in [5.41, 5.74) is 0. The first kappa shape index (κ1) is 16.5. The molecule has 4 nitrogen and oxygen atoms in total. The van der Waals surface area contributed by atoms with E-state index >= 15 is 0 Å². The highest BCUT2D eigenvalue weighted by Crippen LogP contribution is 2.16. The van der Waals surface area contributed by atoms with Crippen LogP contribution in [0.15, 0.2) is 0 Å². The second-order valence-electron chi connectivity index (χ2n) is 3.09. The number of halogens is 6. The van der Waals surface area contributed by atoms with Crippen LogP contribution in [0, 0.1) is 0 Å². The molecule has 10 heteroatoms. The van der Waals surface area contributed by atoms with Crippen molar-refractivity contribution in [2.75, 3.05) is 13.2 Å². The molecule has 0 bridgehead atoms. The lowest BCUT2D eigenvalue weighted by atomic mass is 10.3. The van der Waals surface area contributed by atoms with Gasteiger partial charge in [0.1, 0.15) is 0 Å². The van der Waals surface area contributed by atoms with E-state index < -0.39 is 30.8 Å². The van der Waals surface area contributed by atoms with Gasteiger partial charge in [-0.3, -0.25) is 4.79 Å². The minimum absolute atomic E-state index is 0.0487. The third kappa shape index (κ3) is 6.97. The van der Waals surface area contributed by atoms with E-state index in [9.17, 15) is 35.9 Å². The van der Waals surface area contributed by atoms with Gasteiger partial charge in [0, 0.05) is 6.54 Å². The molecule has 0 aromatic carbocycles. The van der Waals surface area contributed by atoms with Crippen LogP contribution < -0.4 is 5.32 Å². The Bertz CT molecular complexity index is 268. The number of hydrogen-bond acceptors (Lipinski definition) is 3. The van der Waals surface area contributed by atoms with Crippen molar-refractivity contribution in [1.29, 1.82) is 0 Å². The zero-order chi connectivity index (χ0) is 14.4. The molecule has 0 aliphatic rings. The summed E-state index contributed by atoms with van der Waals surface area (Å²) in [6, 6.07) is 0. The third-order valence-corrected chi connectivity index (χ3v) is 1.58. The molecule has 18 heavy (non-hydrogen) atoms. The second-order valence-corrected chi connectivity index (χ2v) is 3.09. The van der Waals surface area contributed by atoms with Gasteiger partial charge in [0.05, 0.1) is 6.61 Å². The van der Waals surface area contributed by atoms with E-state index in [0.717, 1.165) is 0 Å². The lowest BCUT2D eigenvalue weighted by Gasteiger charge is -2.08. The average Bonchev–Trinajstić information content (AvgIpc) is 2.19. The molecule has 0 unspecified atom stereocenters. The van der Waals surface area contributed by atoms with E-state index in [-0.39, 0.29) is 19.4 Å². The molecule has 0 aromatic rings. The van der Waals surface area contributed by atoms with Crippen LogP contribution in [0.4, 0.5) is 26.3 Å². The fourth-order valence-electron chi connectivity index (χ4n) is 0.776. The minimum atomic E-state index is -5.09. The van der Waals surface area contributed by atoms with Crippen molar-refractivity contribution in [2.45, 2.75) is 25.2 Å². The summed E-state index contributed by atoms with van der Waals surface area (Å²) < 4.78 is 73.6. The highest BCUT2D eigenvalue weighted by atomic mass is 19.4. The number of unbranched alkanes of at least 4 members (excludes halogenated alkanes) is 1. The maximum atomic E-state index is 11.7. The van der Waals surface area contributed by atoms with Gasteiger partial charge < -0.3 is 10.1 Å². The molecule has 0 atom stereocenters. The van der Waals surface area contributed by atoms with Gasteiger partial charge in [-0.05, 0) is 12.8 Å². The predicted molar refractivity (Wildman–Crippen MR) is 45.3 cm³/mol. The van der Waals surface area contributed by atoms with Crippen LogP contribution in [0.25, 0.3) is 0 Å². The topological polar surface area (TPSA) is 55.4 Å². The maximum absolute atomic E-state index is 11.7. The normalized spacial score (nSPS) is 12.1. The van der Waals surface area contributed by atoms with Crippen molar-refractivity contribution in [2.24, 2.45) is 0 Å². The zero-order valence-electron chi connectivity index (χ0n) is 8.82. The Kier molecular flexibility index (Phi) is 5.92. The van der Waals surface area contributed by atoms with E-state index in [2.05, 4.69) is 4.74 Å². The van der Waals surface area contributed by atoms with Crippen molar-refractivity contribution in [3.8, 4) is 0 Å². The number of nitrogens with one attached hydrogen (secondary N) is 1. The molecule has 0 aliphatic heterocycles. The molecular formula is C8H9F6NO3. The van der Waals surface area contributed by atoms with Gasteiger partial charge in [0.25, 0.3) is 0 Å². The summed E-state index contributed by atoms with van der Waals surface area (Å²) in [6.45, 7) is -0.956. The van der Waals surface area contributed by atoms with Crippen molar-refractivity contribution >= 4 is 11.9 Å². The Balaban J connectivity index is 3.60. The SMILES string of the molecule is O=C(NCCCCOC(=O)C(F)(F)F)C(F)(F)F. The molecule has 106 valence electrons. The van der Waals surface area contributed by atoms with E-state index in [1.165, 1.54) is 5.32 Å². The number of carbonyl (C=O) groups excluding carboxylic acids is 2. The van der Waals surface area contributed by atoms with Gasteiger partial charge in [0.2, 0.25) is 0 Å². The summed E-state index contributed by atoms with van der Waals surface area (Å²) in [4.78, 5) is 20.4. The molecule has 0 saturated heterocycles. The fraction of sp³-hybridized carbons (Fsp3) is 0.750. The lowest BCUT2D eigenvalue weighted by Crippen LogP contribution is -2.37. The summed E-state index contributed by atoms with van der Waals surface area (Å²) in [5.74, 6) is -4.49. The predicted octanol–water partition coefficient (Wildman–Crippen LogP) is 1.55. The number of hydrogen-bond donors (Lipinski definition) is 1. The second kappa shape index (κ2) is 6.45. The maximum Gasteiger partial charge on any atom is 0.490 e. The fourth-order valence-corrected chi connectivity index (χ4v) is 0.776. The first-order chi connectivity index (χ1) is 8.05. The highest BCUT2D eigenvalue weighted by Gasteiger charge is 2.40. The molecule has 0 fully saturated rings. The largest absolute Gasteiger partial charge is 0.490 e. The average molecular weight is 281 g/mol. The molecule has 1 N–H and O–H groups in total. The lowest BCUT2D eigenvalue weighted by molar-refractivity contribution is -0.199. The van der Waals surface area contributed by atoms with Crippen molar-refractivity contribution < 1.29 is 40.7 Å². The Hall–Kier alpha value is -1.48. The van der Waals surface area contributed by atoms with E-state index in [4.69, 9.17) is 0 Å². The standard InChI is InChI=1S/C8H9F6NO3/c9-7(10,11)5(16)15-3-1-2-4-18-6(17)8(12,13)14/h1-4H2,(H,15,16). The first-order valence-electron chi connectivity index (χ1n) is 4.64. The minimum Gasteiger partial charge on any atom is -0.459 e. The molecule has 0 radical (unpaired) electrons. The summed E-state index contributed by atoms with van der Waals surface area (Å²) in [5, 5.41) is 1.51. The first-order valence-corrected chi connectivity index (χ1v) is 4.64. The van der Waals surface area contributed by atoms with E-state index in [1.54, 1.807) is 0 Å². The van der Waals surface area contributed by atoms with Crippen molar-refractivity contribution in [3.63, 3.8) is 0 Å². The van der Waals surface area contributed by atoms with Gasteiger partial charge in [-0.1, -0.05) is 0 Å². The highest BCUT2D eigenvalue weighted by molar-refractivity contribution is 5.81. The molecule has 0 heterocycles. The van der Waals surface area contributed by atoms with Crippen LogP contribution in [0.2, 0.25) is 0 Å². The Morgan fingerprint density at radius 2 is 1.50 bits per heavy atom. The van der Waals surface area contributed by atoms with Crippen LogP contribution >= 0.6 is 0 Å². The van der Waals surface area contributed by atoms with Crippen molar-refractivity contribution in [1.82, 2.24) is 5.32 Å². The number of ether oxygens (including phenoxy) is 1. The van der Waals surface area contributed by atoms with E-state index in [1.807, 2.05) is 0 Å². The van der Waals surface area contributed by atoms with Crippen molar-refractivity contribution in [3.05, 3.63) is 0 Å². The molecule has 0 spiro atoms. The number of amides is 1. The van der Waals surface area contributed by atoms with Crippen LogP contribution in [-0.4, -0.2) is 37.4 Å². The van der Waals surface area contributed by atoms with E-state index in [0.29, 0.717) is 0 Å². The molecule has 1 amide bonds. The van der Waals surface area contributed by atoms with Gasteiger partial charge in [0.15, 0.2) is 0 Å². The Labute approximate surface area is 97.3 Å². The smallest absolute Gasteiger partial charge is 0.459 e. The van der Waals surface area contributed by atoms with Crippen LogP contribution in [0.5, 0.6) is 0 Å². The van der Waals surface area contributed by atoms with Crippen LogP contribution in [0.3, 0.4) is 0 Å². The number of alkyl halides is 6. The quantitative estimate of drug-likeness (QED) is 0.472. The summed E-state index contributed by atoms with van der Waals surface area (Å²) in [7, 11) is 0.